The molecule has 22 heavy (non-hydrogen) atoms. The van der Waals surface area contributed by atoms with E-state index in [9.17, 15) is 9.59 Å². The van der Waals surface area contributed by atoms with Gasteiger partial charge < -0.3 is 5.32 Å². The first-order chi connectivity index (χ1) is 10.6. The van der Waals surface area contributed by atoms with Crippen molar-refractivity contribution < 1.29 is 9.59 Å². The van der Waals surface area contributed by atoms with E-state index in [2.05, 4.69) is 10.4 Å². The molecule has 1 atom stereocenters. The molecular weight excluding hydrogens is 304 g/mol. The zero-order valence-corrected chi connectivity index (χ0v) is 12.7. The van der Waals surface area contributed by atoms with Gasteiger partial charge in [0.25, 0.3) is 0 Å². The van der Waals surface area contributed by atoms with Crippen molar-refractivity contribution in [3.05, 3.63) is 41.7 Å². The van der Waals surface area contributed by atoms with Crippen LogP contribution in [0, 0.1) is 0 Å². The molecule has 1 unspecified atom stereocenters. The molecule has 0 aliphatic carbocycles. The molecule has 1 aromatic heterocycles. The van der Waals surface area contributed by atoms with Crippen LogP contribution in [0.5, 0.6) is 0 Å². The van der Waals surface area contributed by atoms with Crippen molar-refractivity contribution in [1.82, 2.24) is 9.78 Å². The standard InChI is InChI=1S/C15H15ClN4O2/c1-10-15(22)18-12-4-2-3-5-13(12)20(10)14(21)6-7-19-9-11(16)8-17-19/h2-5,8-10H,6-7H2,1H3,(H,18,22). The monoisotopic (exact) mass is 318 g/mol. The molecule has 114 valence electrons. The second kappa shape index (κ2) is 5.81. The Bertz CT molecular complexity index is 728. The van der Waals surface area contributed by atoms with Gasteiger partial charge in [-0.1, -0.05) is 23.7 Å². The number of aromatic nitrogens is 2. The van der Waals surface area contributed by atoms with Gasteiger partial charge in [-0.3, -0.25) is 19.2 Å². The highest BCUT2D eigenvalue weighted by Crippen LogP contribution is 2.32. The van der Waals surface area contributed by atoms with Crippen molar-refractivity contribution >= 4 is 34.8 Å². The highest BCUT2D eigenvalue weighted by atomic mass is 35.5. The van der Waals surface area contributed by atoms with Crippen LogP contribution in [0.25, 0.3) is 0 Å². The highest BCUT2D eigenvalue weighted by Gasteiger charge is 2.33. The maximum Gasteiger partial charge on any atom is 0.247 e. The highest BCUT2D eigenvalue weighted by molar-refractivity contribution is 6.30. The summed E-state index contributed by atoms with van der Waals surface area (Å²) in [6, 6.07) is 6.74. The molecule has 3 rings (SSSR count). The molecule has 1 aliphatic rings. The number of hydrogen-bond acceptors (Lipinski definition) is 3. The molecule has 1 N–H and O–H groups in total. The minimum Gasteiger partial charge on any atom is -0.322 e. The summed E-state index contributed by atoms with van der Waals surface area (Å²) in [5, 5.41) is 7.38. The van der Waals surface area contributed by atoms with Crippen molar-refractivity contribution in [2.45, 2.75) is 25.9 Å². The molecule has 6 nitrogen and oxygen atoms in total. The maximum atomic E-state index is 12.6. The van der Waals surface area contributed by atoms with Crippen molar-refractivity contribution in [3.63, 3.8) is 0 Å². The number of nitrogens with zero attached hydrogens (tertiary/aromatic N) is 3. The van der Waals surface area contributed by atoms with Crippen LogP contribution in [-0.2, 0) is 16.1 Å². The van der Waals surface area contributed by atoms with Crippen LogP contribution in [0.3, 0.4) is 0 Å². The van der Waals surface area contributed by atoms with Gasteiger partial charge in [-0.2, -0.15) is 5.10 Å². The molecule has 0 fully saturated rings. The molecule has 2 aromatic rings. The minimum absolute atomic E-state index is 0.124. The van der Waals surface area contributed by atoms with Crippen molar-refractivity contribution in [2.24, 2.45) is 0 Å². The number of nitrogens with one attached hydrogen (secondary N) is 1. The number of carbonyl (C=O) groups is 2. The fourth-order valence-corrected chi connectivity index (χ4v) is 2.65. The van der Waals surface area contributed by atoms with Crippen LogP contribution < -0.4 is 10.2 Å². The molecule has 2 heterocycles. The van der Waals surface area contributed by atoms with Gasteiger partial charge in [-0.05, 0) is 19.1 Å². The number of amides is 2. The predicted octanol–water partition coefficient (Wildman–Crippen LogP) is 2.30. The molecule has 0 bridgehead atoms. The van der Waals surface area contributed by atoms with Gasteiger partial charge in [0.1, 0.15) is 6.04 Å². The largest absolute Gasteiger partial charge is 0.322 e. The number of benzene rings is 1. The molecule has 7 heteroatoms. The van der Waals surface area contributed by atoms with Crippen LogP contribution in [0.15, 0.2) is 36.7 Å². The van der Waals surface area contributed by atoms with Crippen molar-refractivity contribution in [1.29, 1.82) is 0 Å². The Morgan fingerprint density at radius 3 is 2.91 bits per heavy atom. The SMILES string of the molecule is CC1C(=O)Nc2ccccc2N1C(=O)CCn1cc(Cl)cn1. The zero-order chi connectivity index (χ0) is 15.7. The summed E-state index contributed by atoms with van der Waals surface area (Å²) in [5.74, 6) is -0.310. The number of anilines is 2. The Morgan fingerprint density at radius 1 is 1.41 bits per heavy atom. The van der Waals surface area contributed by atoms with E-state index in [4.69, 9.17) is 11.6 Å². The number of para-hydroxylation sites is 2. The van der Waals surface area contributed by atoms with E-state index in [0.717, 1.165) is 5.69 Å². The van der Waals surface area contributed by atoms with E-state index < -0.39 is 6.04 Å². The fourth-order valence-electron chi connectivity index (χ4n) is 2.49. The van der Waals surface area contributed by atoms with Crippen LogP contribution in [0.1, 0.15) is 13.3 Å². The first-order valence-corrected chi connectivity index (χ1v) is 7.34. The molecule has 1 aromatic carbocycles. The third-order valence-electron chi connectivity index (χ3n) is 3.61. The average molecular weight is 319 g/mol. The van der Waals surface area contributed by atoms with Gasteiger partial charge in [0, 0.05) is 19.2 Å². The number of carbonyl (C=O) groups excluding carboxylic acids is 2. The Balaban J connectivity index is 1.80. The van der Waals surface area contributed by atoms with Crippen LogP contribution in [-0.4, -0.2) is 27.6 Å². The van der Waals surface area contributed by atoms with Gasteiger partial charge in [0.05, 0.1) is 22.6 Å². The van der Waals surface area contributed by atoms with Crippen molar-refractivity contribution in [3.8, 4) is 0 Å². The minimum atomic E-state index is -0.538. The second-order valence-corrected chi connectivity index (χ2v) is 5.55. The zero-order valence-electron chi connectivity index (χ0n) is 12.0. The molecular formula is C15H15ClN4O2. The quantitative estimate of drug-likeness (QED) is 0.944. The first kappa shape index (κ1) is 14.6. The number of halogens is 1. The Labute approximate surface area is 132 Å². The topological polar surface area (TPSA) is 67.2 Å². The van der Waals surface area contributed by atoms with Crippen LogP contribution in [0.2, 0.25) is 5.02 Å². The summed E-state index contributed by atoms with van der Waals surface area (Å²) in [4.78, 5) is 26.1. The second-order valence-electron chi connectivity index (χ2n) is 5.12. The van der Waals surface area contributed by atoms with E-state index >= 15 is 0 Å². The van der Waals surface area contributed by atoms with Gasteiger partial charge in [0.2, 0.25) is 11.8 Å². The van der Waals surface area contributed by atoms with Crippen LogP contribution >= 0.6 is 11.6 Å². The Kier molecular flexibility index (Phi) is 3.85. The number of rotatable bonds is 3. The third kappa shape index (κ3) is 2.69. The lowest BCUT2D eigenvalue weighted by molar-refractivity contribution is -0.123. The lowest BCUT2D eigenvalue weighted by Crippen LogP contribution is -2.49. The molecule has 0 spiro atoms. The lowest BCUT2D eigenvalue weighted by atomic mass is 10.1. The van der Waals surface area contributed by atoms with E-state index in [1.54, 1.807) is 28.8 Å². The normalized spacial score (nSPS) is 17.1. The van der Waals surface area contributed by atoms with Crippen molar-refractivity contribution in [2.75, 3.05) is 10.2 Å². The molecule has 0 radical (unpaired) electrons. The molecule has 2 amide bonds. The molecule has 0 saturated carbocycles. The number of hydrogen-bond donors (Lipinski definition) is 1. The first-order valence-electron chi connectivity index (χ1n) is 6.96. The predicted molar refractivity (Wildman–Crippen MR) is 83.9 cm³/mol. The number of fused-ring (bicyclic) bond motifs is 1. The smallest absolute Gasteiger partial charge is 0.247 e. The summed E-state index contributed by atoms with van der Waals surface area (Å²) in [6.45, 7) is 2.13. The average Bonchev–Trinajstić information content (AvgIpc) is 2.92. The van der Waals surface area contributed by atoms with Gasteiger partial charge in [-0.25, -0.2) is 0 Å². The fraction of sp³-hybridized carbons (Fsp3) is 0.267. The van der Waals surface area contributed by atoms with Gasteiger partial charge >= 0.3 is 0 Å². The Morgan fingerprint density at radius 2 is 2.18 bits per heavy atom. The summed E-state index contributed by atoms with van der Waals surface area (Å²) in [7, 11) is 0. The van der Waals surface area contributed by atoms with E-state index in [1.165, 1.54) is 6.20 Å². The Hall–Kier alpha value is -2.34. The van der Waals surface area contributed by atoms with E-state index in [0.29, 0.717) is 17.3 Å². The van der Waals surface area contributed by atoms with Gasteiger partial charge in [0.15, 0.2) is 0 Å². The lowest BCUT2D eigenvalue weighted by Gasteiger charge is -2.34. The van der Waals surface area contributed by atoms with E-state index in [-0.39, 0.29) is 18.2 Å². The maximum absolute atomic E-state index is 12.6. The van der Waals surface area contributed by atoms with E-state index in [1.807, 2.05) is 18.2 Å². The molecule has 0 saturated heterocycles. The summed E-state index contributed by atoms with van der Waals surface area (Å²) < 4.78 is 1.61. The third-order valence-corrected chi connectivity index (χ3v) is 3.81. The molecule has 1 aliphatic heterocycles. The summed E-state index contributed by atoms with van der Waals surface area (Å²) >= 11 is 5.80. The van der Waals surface area contributed by atoms with Crippen LogP contribution in [0.4, 0.5) is 11.4 Å². The van der Waals surface area contributed by atoms with Gasteiger partial charge in [-0.15, -0.1) is 0 Å². The number of aryl methyl sites for hydroxylation is 1. The summed E-state index contributed by atoms with van der Waals surface area (Å²) in [5.41, 5.74) is 1.37. The summed E-state index contributed by atoms with van der Waals surface area (Å²) in [6.07, 6.45) is 3.43.